The lowest BCUT2D eigenvalue weighted by atomic mass is 10.2. The second-order valence-electron chi connectivity index (χ2n) is 2.89. The molecule has 1 aromatic rings. The quantitative estimate of drug-likeness (QED) is 0.874. The van der Waals surface area contributed by atoms with Gasteiger partial charge < -0.3 is 11.1 Å². The molecule has 0 heterocycles. The smallest absolute Gasteiger partial charge is 0.225 e. The van der Waals surface area contributed by atoms with E-state index in [2.05, 4.69) is 21.2 Å². The Hall–Kier alpha value is -1.38. The van der Waals surface area contributed by atoms with Crippen LogP contribution in [0.15, 0.2) is 22.7 Å². The number of hydrogen-bond acceptors (Lipinski definition) is 3. The Morgan fingerprint density at radius 3 is 2.93 bits per heavy atom. The highest BCUT2D eigenvalue weighted by Gasteiger charge is 2.06. The highest BCUT2D eigenvalue weighted by molar-refractivity contribution is 9.10. The van der Waals surface area contributed by atoms with E-state index in [1.165, 1.54) is 0 Å². The highest BCUT2D eigenvalue weighted by Crippen LogP contribution is 2.20. The number of amides is 1. The first-order valence-corrected chi connectivity index (χ1v) is 5.16. The van der Waals surface area contributed by atoms with E-state index >= 15 is 0 Å². The molecule has 1 rings (SSSR count). The average molecular weight is 268 g/mol. The molecule has 0 fully saturated rings. The molecule has 0 radical (unpaired) electrons. The molecule has 0 saturated heterocycles. The second-order valence-corrected chi connectivity index (χ2v) is 3.80. The average Bonchev–Trinajstić information content (AvgIpc) is 2.21. The van der Waals surface area contributed by atoms with Gasteiger partial charge in [0.1, 0.15) is 6.07 Å². The van der Waals surface area contributed by atoms with Crippen molar-refractivity contribution in [1.82, 2.24) is 0 Å². The summed E-state index contributed by atoms with van der Waals surface area (Å²) >= 11 is 3.25. The zero-order valence-electron chi connectivity index (χ0n) is 7.96. The number of rotatable bonds is 3. The van der Waals surface area contributed by atoms with E-state index in [1.54, 1.807) is 18.2 Å². The largest absolute Gasteiger partial charge is 0.330 e. The summed E-state index contributed by atoms with van der Waals surface area (Å²) in [5.41, 5.74) is 6.18. The molecule has 0 bridgehead atoms. The maximum atomic E-state index is 11.3. The van der Waals surface area contributed by atoms with Crippen LogP contribution < -0.4 is 11.1 Å². The number of carbonyl (C=O) groups is 1. The molecule has 1 aromatic carbocycles. The molecule has 78 valence electrons. The van der Waals surface area contributed by atoms with Crippen molar-refractivity contribution in [2.45, 2.75) is 6.42 Å². The fourth-order valence-electron chi connectivity index (χ4n) is 1.06. The number of nitriles is 1. The fraction of sp³-hybridized carbons (Fsp3) is 0.200. The van der Waals surface area contributed by atoms with Gasteiger partial charge in [-0.2, -0.15) is 5.26 Å². The summed E-state index contributed by atoms with van der Waals surface area (Å²) in [5, 5.41) is 11.5. The summed E-state index contributed by atoms with van der Waals surface area (Å²) < 4.78 is 0.802. The van der Waals surface area contributed by atoms with E-state index in [4.69, 9.17) is 11.0 Å². The minimum atomic E-state index is -0.184. The number of hydrogen-bond donors (Lipinski definition) is 2. The van der Waals surface area contributed by atoms with Gasteiger partial charge in [-0.1, -0.05) is 15.9 Å². The number of nitrogens with zero attached hydrogens (tertiary/aromatic N) is 1. The van der Waals surface area contributed by atoms with Crippen molar-refractivity contribution >= 4 is 27.5 Å². The van der Waals surface area contributed by atoms with Gasteiger partial charge in [0.15, 0.2) is 0 Å². The van der Waals surface area contributed by atoms with E-state index in [1.807, 2.05) is 6.07 Å². The summed E-state index contributed by atoms with van der Waals surface area (Å²) in [6.45, 7) is 0.296. The molecule has 1 amide bonds. The van der Waals surface area contributed by atoms with Crippen LogP contribution in [0.1, 0.15) is 12.0 Å². The van der Waals surface area contributed by atoms with E-state index in [0.29, 0.717) is 17.8 Å². The number of halogens is 1. The van der Waals surface area contributed by atoms with Crippen molar-refractivity contribution in [3.8, 4) is 6.07 Å². The molecule has 4 nitrogen and oxygen atoms in total. The van der Waals surface area contributed by atoms with Crippen molar-refractivity contribution in [2.24, 2.45) is 5.73 Å². The van der Waals surface area contributed by atoms with Crippen LogP contribution in [0.3, 0.4) is 0 Å². The molecule has 0 aromatic heterocycles. The third-order valence-corrected chi connectivity index (χ3v) is 2.24. The van der Waals surface area contributed by atoms with Crippen LogP contribution >= 0.6 is 15.9 Å². The zero-order chi connectivity index (χ0) is 11.3. The van der Waals surface area contributed by atoms with E-state index in [9.17, 15) is 4.79 Å². The van der Waals surface area contributed by atoms with Gasteiger partial charge in [0, 0.05) is 17.4 Å². The van der Waals surface area contributed by atoms with Gasteiger partial charge in [-0.05, 0) is 18.2 Å². The van der Waals surface area contributed by atoms with Gasteiger partial charge in [-0.3, -0.25) is 4.79 Å². The monoisotopic (exact) mass is 267 g/mol. The van der Waals surface area contributed by atoms with E-state index in [-0.39, 0.29) is 12.3 Å². The molecule has 0 spiro atoms. The van der Waals surface area contributed by atoms with Gasteiger partial charge in [-0.15, -0.1) is 0 Å². The number of nitrogens with one attached hydrogen (secondary N) is 1. The first-order chi connectivity index (χ1) is 7.17. The maximum Gasteiger partial charge on any atom is 0.225 e. The fourth-order valence-corrected chi connectivity index (χ4v) is 1.42. The molecular weight excluding hydrogens is 258 g/mol. The Labute approximate surface area is 96.2 Å². The van der Waals surface area contributed by atoms with Gasteiger partial charge in [0.05, 0.1) is 11.3 Å². The van der Waals surface area contributed by atoms with Crippen molar-refractivity contribution in [1.29, 1.82) is 5.26 Å². The lowest BCUT2D eigenvalue weighted by Gasteiger charge is -2.06. The minimum absolute atomic E-state index is 0.184. The lowest BCUT2D eigenvalue weighted by molar-refractivity contribution is -0.116. The first kappa shape index (κ1) is 11.7. The molecule has 0 aliphatic rings. The molecule has 0 atom stereocenters. The Balaban J connectivity index is 2.86. The van der Waals surface area contributed by atoms with Crippen LogP contribution in [0.25, 0.3) is 0 Å². The molecule has 0 aliphatic carbocycles. The number of nitrogens with two attached hydrogens (primary N) is 1. The van der Waals surface area contributed by atoms with Crippen molar-refractivity contribution < 1.29 is 4.79 Å². The third-order valence-electron chi connectivity index (χ3n) is 1.75. The Morgan fingerprint density at radius 2 is 2.33 bits per heavy atom. The Kier molecular flexibility index (Phi) is 4.28. The normalized spacial score (nSPS) is 9.40. The molecule has 0 saturated carbocycles. The second kappa shape index (κ2) is 5.49. The standard InChI is InChI=1S/C10H10BrN3O/c11-8-1-2-9(7(5-8)6-13)14-10(15)3-4-12/h1-2,5H,3-4,12H2,(H,14,15). The minimum Gasteiger partial charge on any atom is -0.330 e. The zero-order valence-corrected chi connectivity index (χ0v) is 9.54. The van der Waals surface area contributed by atoms with Crippen molar-refractivity contribution in [3.63, 3.8) is 0 Å². The highest BCUT2D eigenvalue weighted by atomic mass is 79.9. The van der Waals surface area contributed by atoms with Crippen LogP contribution in [-0.4, -0.2) is 12.5 Å². The Bertz CT molecular complexity index is 412. The molecule has 0 aliphatic heterocycles. The van der Waals surface area contributed by atoms with Crippen LogP contribution in [0, 0.1) is 11.3 Å². The van der Waals surface area contributed by atoms with E-state index < -0.39 is 0 Å². The molecule has 5 heteroatoms. The molecule has 0 unspecified atom stereocenters. The van der Waals surface area contributed by atoms with Gasteiger partial charge in [-0.25, -0.2) is 0 Å². The first-order valence-electron chi connectivity index (χ1n) is 4.37. The molecular formula is C10H10BrN3O. The predicted molar refractivity (Wildman–Crippen MR) is 61.2 cm³/mol. The summed E-state index contributed by atoms with van der Waals surface area (Å²) in [6, 6.07) is 7.10. The third kappa shape index (κ3) is 3.35. The van der Waals surface area contributed by atoms with Gasteiger partial charge >= 0.3 is 0 Å². The summed E-state index contributed by atoms with van der Waals surface area (Å²) in [7, 11) is 0. The number of carbonyl (C=O) groups excluding carboxylic acids is 1. The van der Waals surface area contributed by atoms with Crippen LogP contribution in [0.5, 0.6) is 0 Å². The topological polar surface area (TPSA) is 78.9 Å². The van der Waals surface area contributed by atoms with Crippen LogP contribution in [0.4, 0.5) is 5.69 Å². The van der Waals surface area contributed by atoms with Gasteiger partial charge in [0.25, 0.3) is 0 Å². The number of benzene rings is 1. The SMILES string of the molecule is N#Cc1cc(Br)ccc1NC(=O)CCN. The van der Waals surface area contributed by atoms with Crippen molar-refractivity contribution in [3.05, 3.63) is 28.2 Å². The summed E-state index contributed by atoms with van der Waals surface area (Å²) in [5.74, 6) is -0.184. The maximum absolute atomic E-state index is 11.3. The molecule has 3 N–H and O–H groups in total. The summed E-state index contributed by atoms with van der Waals surface area (Å²) in [4.78, 5) is 11.3. The molecule has 15 heavy (non-hydrogen) atoms. The Morgan fingerprint density at radius 1 is 1.60 bits per heavy atom. The van der Waals surface area contributed by atoms with Crippen LogP contribution in [-0.2, 0) is 4.79 Å². The van der Waals surface area contributed by atoms with Gasteiger partial charge in [0.2, 0.25) is 5.91 Å². The van der Waals surface area contributed by atoms with E-state index in [0.717, 1.165) is 4.47 Å². The predicted octanol–water partition coefficient (Wildman–Crippen LogP) is 1.61. The van der Waals surface area contributed by atoms with Crippen molar-refractivity contribution in [2.75, 3.05) is 11.9 Å². The summed E-state index contributed by atoms with van der Waals surface area (Å²) in [6.07, 6.45) is 0.251. The van der Waals surface area contributed by atoms with Crippen LogP contribution in [0.2, 0.25) is 0 Å². The number of anilines is 1. The lowest BCUT2D eigenvalue weighted by Crippen LogP contribution is -2.16.